The van der Waals surface area contributed by atoms with E-state index in [9.17, 15) is 9.59 Å². The lowest BCUT2D eigenvalue weighted by atomic mass is 10.1. The van der Waals surface area contributed by atoms with Crippen LogP contribution in [-0.2, 0) is 9.59 Å². The van der Waals surface area contributed by atoms with Crippen LogP contribution in [0.15, 0.2) is 0 Å². The van der Waals surface area contributed by atoms with Crippen LogP contribution >= 0.6 is 0 Å². The Hall–Kier alpha value is -1.06. The number of nitrogens with zero attached hydrogens (tertiary/aromatic N) is 1. The molecule has 0 radical (unpaired) electrons. The normalized spacial score (nSPS) is 28.2. The third-order valence-electron chi connectivity index (χ3n) is 2.90. The van der Waals surface area contributed by atoms with Crippen LogP contribution in [-0.4, -0.2) is 35.3 Å². The van der Waals surface area contributed by atoms with Crippen molar-refractivity contribution in [3.63, 3.8) is 0 Å². The maximum Gasteiger partial charge on any atom is 0.243 e. The van der Waals surface area contributed by atoms with E-state index in [1.165, 1.54) is 0 Å². The van der Waals surface area contributed by atoms with E-state index in [0.717, 1.165) is 12.8 Å². The molecule has 1 unspecified atom stereocenters. The highest BCUT2D eigenvalue weighted by Crippen LogP contribution is 2.37. The van der Waals surface area contributed by atoms with E-state index in [4.69, 9.17) is 0 Å². The van der Waals surface area contributed by atoms with Crippen molar-refractivity contribution in [1.29, 1.82) is 0 Å². The molecule has 1 heterocycles. The summed E-state index contributed by atoms with van der Waals surface area (Å²) in [5, 5.41) is 2.66. The van der Waals surface area contributed by atoms with Gasteiger partial charge in [-0.1, -0.05) is 0 Å². The largest absolute Gasteiger partial charge is 0.345 e. The Balaban J connectivity index is 2.20. The van der Waals surface area contributed by atoms with Crippen LogP contribution in [0.5, 0.6) is 0 Å². The molecule has 0 aromatic carbocycles. The van der Waals surface area contributed by atoms with Crippen molar-refractivity contribution >= 4 is 11.8 Å². The van der Waals surface area contributed by atoms with Gasteiger partial charge in [0.25, 0.3) is 0 Å². The molecule has 1 aliphatic heterocycles. The second-order valence-corrected chi connectivity index (χ2v) is 4.39. The first-order chi connectivity index (χ1) is 6.61. The first kappa shape index (κ1) is 9.49. The van der Waals surface area contributed by atoms with E-state index in [2.05, 4.69) is 5.32 Å². The Morgan fingerprint density at radius 3 is 2.50 bits per heavy atom. The van der Waals surface area contributed by atoms with Crippen LogP contribution < -0.4 is 5.32 Å². The molecule has 0 spiro atoms. The monoisotopic (exact) mass is 196 g/mol. The predicted molar refractivity (Wildman–Crippen MR) is 51.5 cm³/mol. The van der Waals surface area contributed by atoms with Crippen LogP contribution in [0.3, 0.4) is 0 Å². The lowest BCUT2D eigenvalue weighted by Gasteiger charge is -2.38. The van der Waals surface area contributed by atoms with E-state index in [-0.39, 0.29) is 30.4 Å². The summed E-state index contributed by atoms with van der Waals surface area (Å²) < 4.78 is 0. The number of hydrogen-bond acceptors (Lipinski definition) is 2. The van der Waals surface area contributed by atoms with Crippen molar-refractivity contribution in [1.82, 2.24) is 10.2 Å². The molecule has 1 saturated carbocycles. The second-order valence-electron chi connectivity index (χ2n) is 4.39. The fourth-order valence-corrected chi connectivity index (χ4v) is 2.10. The van der Waals surface area contributed by atoms with Crippen LogP contribution in [0.1, 0.15) is 26.7 Å². The van der Waals surface area contributed by atoms with Crippen molar-refractivity contribution in [2.75, 3.05) is 6.54 Å². The molecule has 0 aromatic heterocycles. The molecule has 2 aliphatic rings. The minimum absolute atomic E-state index is 0.0285. The lowest BCUT2D eigenvalue weighted by Crippen LogP contribution is -2.61. The zero-order chi connectivity index (χ0) is 10.3. The van der Waals surface area contributed by atoms with Gasteiger partial charge in [0.2, 0.25) is 11.8 Å². The summed E-state index contributed by atoms with van der Waals surface area (Å²) in [6, 6.07) is -0.0737. The summed E-state index contributed by atoms with van der Waals surface area (Å²) in [6.45, 7) is 4.10. The number of amides is 2. The Labute approximate surface area is 83.6 Å². The summed E-state index contributed by atoms with van der Waals surface area (Å²) in [7, 11) is 0. The molecule has 2 fully saturated rings. The van der Waals surface area contributed by atoms with Gasteiger partial charge in [-0.2, -0.15) is 0 Å². The van der Waals surface area contributed by atoms with Crippen molar-refractivity contribution in [2.24, 2.45) is 5.92 Å². The number of hydrogen-bond donors (Lipinski definition) is 1. The van der Waals surface area contributed by atoms with Crippen LogP contribution in [0, 0.1) is 5.92 Å². The molecule has 1 atom stereocenters. The van der Waals surface area contributed by atoms with E-state index in [1.54, 1.807) is 4.90 Å². The number of piperazine rings is 1. The van der Waals surface area contributed by atoms with Gasteiger partial charge in [0.05, 0.1) is 6.54 Å². The van der Waals surface area contributed by atoms with Gasteiger partial charge in [-0.3, -0.25) is 9.59 Å². The average Bonchev–Trinajstić information content (AvgIpc) is 2.91. The SMILES string of the molecule is CC(C)N1C(=O)CNC(=O)C1C1CC1. The number of rotatable bonds is 2. The zero-order valence-corrected chi connectivity index (χ0v) is 8.62. The van der Waals surface area contributed by atoms with Crippen LogP contribution in [0.2, 0.25) is 0 Å². The standard InChI is InChI=1S/C10H16N2O2/c1-6(2)12-8(13)5-11-10(14)9(12)7-3-4-7/h6-7,9H,3-5H2,1-2H3,(H,11,14). The van der Waals surface area contributed by atoms with Gasteiger partial charge in [0.1, 0.15) is 6.04 Å². The summed E-state index contributed by atoms with van der Waals surface area (Å²) >= 11 is 0. The maximum absolute atomic E-state index is 11.6. The van der Waals surface area contributed by atoms with Gasteiger partial charge in [-0.25, -0.2) is 0 Å². The van der Waals surface area contributed by atoms with Crippen LogP contribution in [0.25, 0.3) is 0 Å². The molecule has 4 heteroatoms. The topological polar surface area (TPSA) is 49.4 Å². The molecule has 2 amide bonds. The molecule has 1 aliphatic carbocycles. The van der Waals surface area contributed by atoms with Crippen molar-refractivity contribution in [3.05, 3.63) is 0 Å². The minimum Gasteiger partial charge on any atom is -0.345 e. The fourth-order valence-electron chi connectivity index (χ4n) is 2.10. The fraction of sp³-hybridized carbons (Fsp3) is 0.800. The zero-order valence-electron chi connectivity index (χ0n) is 8.62. The third kappa shape index (κ3) is 1.49. The number of carbonyl (C=O) groups is 2. The van der Waals surface area contributed by atoms with Gasteiger partial charge < -0.3 is 10.2 Å². The van der Waals surface area contributed by atoms with Crippen molar-refractivity contribution in [2.45, 2.75) is 38.8 Å². The molecule has 4 nitrogen and oxygen atoms in total. The molecule has 0 aromatic rings. The highest BCUT2D eigenvalue weighted by atomic mass is 16.2. The number of carbonyl (C=O) groups excluding carboxylic acids is 2. The predicted octanol–water partition coefficient (Wildman–Crippen LogP) is 0.132. The van der Waals surface area contributed by atoms with E-state index in [0.29, 0.717) is 5.92 Å². The molecule has 14 heavy (non-hydrogen) atoms. The molecule has 1 saturated heterocycles. The Morgan fingerprint density at radius 2 is 2.00 bits per heavy atom. The van der Waals surface area contributed by atoms with E-state index < -0.39 is 0 Å². The minimum atomic E-state index is -0.198. The third-order valence-corrected chi connectivity index (χ3v) is 2.90. The van der Waals surface area contributed by atoms with Gasteiger partial charge in [-0.15, -0.1) is 0 Å². The summed E-state index contributed by atoms with van der Waals surface area (Å²) in [6.07, 6.45) is 2.16. The highest BCUT2D eigenvalue weighted by molar-refractivity contribution is 5.95. The summed E-state index contributed by atoms with van der Waals surface area (Å²) in [5.74, 6) is 0.485. The molecule has 1 N–H and O–H groups in total. The smallest absolute Gasteiger partial charge is 0.243 e. The van der Waals surface area contributed by atoms with E-state index >= 15 is 0 Å². The second kappa shape index (κ2) is 3.26. The highest BCUT2D eigenvalue weighted by Gasteiger charge is 2.45. The molecule has 0 bridgehead atoms. The Kier molecular flexibility index (Phi) is 2.21. The Bertz CT molecular complexity index is 251. The quantitative estimate of drug-likeness (QED) is 0.682. The van der Waals surface area contributed by atoms with Crippen molar-refractivity contribution in [3.8, 4) is 0 Å². The van der Waals surface area contributed by atoms with Gasteiger partial charge in [0, 0.05) is 6.04 Å². The van der Waals surface area contributed by atoms with Crippen molar-refractivity contribution < 1.29 is 9.59 Å². The average molecular weight is 196 g/mol. The summed E-state index contributed by atoms with van der Waals surface area (Å²) in [5.41, 5.74) is 0. The summed E-state index contributed by atoms with van der Waals surface area (Å²) in [4.78, 5) is 25.0. The first-order valence-corrected chi connectivity index (χ1v) is 5.20. The Morgan fingerprint density at radius 1 is 1.36 bits per heavy atom. The van der Waals surface area contributed by atoms with E-state index in [1.807, 2.05) is 13.8 Å². The first-order valence-electron chi connectivity index (χ1n) is 5.20. The van der Waals surface area contributed by atoms with Gasteiger partial charge in [0.15, 0.2) is 0 Å². The maximum atomic E-state index is 11.6. The molecular weight excluding hydrogens is 180 g/mol. The van der Waals surface area contributed by atoms with Gasteiger partial charge in [-0.05, 0) is 32.6 Å². The lowest BCUT2D eigenvalue weighted by molar-refractivity contribution is -0.148. The molecule has 78 valence electrons. The van der Waals surface area contributed by atoms with Gasteiger partial charge >= 0.3 is 0 Å². The molecular formula is C10H16N2O2. The number of nitrogens with one attached hydrogen (secondary N) is 1. The molecule has 2 rings (SSSR count). The van der Waals surface area contributed by atoms with Crippen LogP contribution in [0.4, 0.5) is 0 Å².